The lowest BCUT2D eigenvalue weighted by atomic mass is 9.96. The normalized spacial score (nSPS) is 13.5. The van der Waals surface area contributed by atoms with Crippen molar-refractivity contribution in [2.24, 2.45) is 5.73 Å². The van der Waals surface area contributed by atoms with Crippen LogP contribution in [0.4, 0.5) is 11.4 Å². The predicted octanol–water partition coefficient (Wildman–Crippen LogP) is 2.01. The number of aromatic amines is 1. The minimum Gasteiger partial charge on any atom is -0.373 e. The first-order chi connectivity index (χ1) is 8.81. The van der Waals surface area contributed by atoms with Crippen molar-refractivity contribution in [2.45, 2.75) is 32.4 Å². The van der Waals surface area contributed by atoms with E-state index in [1.807, 2.05) is 20.8 Å². The summed E-state index contributed by atoms with van der Waals surface area (Å²) in [4.78, 5) is 10.7. The molecule has 1 unspecified atom stereocenters. The molecule has 1 aromatic carbocycles. The van der Waals surface area contributed by atoms with Crippen molar-refractivity contribution in [2.75, 3.05) is 5.32 Å². The summed E-state index contributed by atoms with van der Waals surface area (Å²) in [6, 6.07) is 3.02. The minimum absolute atomic E-state index is 0.0163. The van der Waals surface area contributed by atoms with Crippen LogP contribution >= 0.6 is 0 Å². The molecule has 19 heavy (non-hydrogen) atoms. The fourth-order valence-corrected chi connectivity index (χ4v) is 1.69. The van der Waals surface area contributed by atoms with Crippen molar-refractivity contribution in [1.82, 2.24) is 10.2 Å². The molecule has 7 heteroatoms. The van der Waals surface area contributed by atoms with Crippen LogP contribution in [0.5, 0.6) is 0 Å². The molecule has 4 N–H and O–H groups in total. The average Bonchev–Trinajstić information content (AvgIpc) is 2.73. The number of nitrogens with one attached hydrogen (secondary N) is 2. The molecule has 0 amide bonds. The number of nitrogens with zero attached hydrogens (tertiary/aromatic N) is 2. The van der Waals surface area contributed by atoms with E-state index in [1.165, 1.54) is 6.07 Å². The molecule has 1 atom stereocenters. The Bertz CT molecular complexity index is 618. The van der Waals surface area contributed by atoms with Crippen LogP contribution in [0, 0.1) is 10.1 Å². The van der Waals surface area contributed by atoms with Crippen molar-refractivity contribution in [3.63, 3.8) is 0 Å². The van der Waals surface area contributed by atoms with Crippen LogP contribution in [0.3, 0.4) is 0 Å². The third kappa shape index (κ3) is 2.50. The Morgan fingerprint density at radius 1 is 1.53 bits per heavy atom. The molecule has 0 saturated heterocycles. The van der Waals surface area contributed by atoms with Crippen LogP contribution in [0.1, 0.15) is 20.8 Å². The van der Waals surface area contributed by atoms with Gasteiger partial charge in [-0.25, -0.2) is 0 Å². The van der Waals surface area contributed by atoms with Crippen LogP contribution in [0.15, 0.2) is 18.3 Å². The highest BCUT2D eigenvalue weighted by atomic mass is 16.6. The topological polar surface area (TPSA) is 110 Å². The van der Waals surface area contributed by atoms with Gasteiger partial charge in [-0.2, -0.15) is 5.10 Å². The van der Waals surface area contributed by atoms with Gasteiger partial charge in [0, 0.05) is 23.0 Å². The number of nitrogens with two attached hydrogens (primary N) is 1. The molecule has 2 aromatic rings. The molecule has 7 nitrogen and oxygen atoms in total. The van der Waals surface area contributed by atoms with E-state index < -0.39 is 10.5 Å². The second-order valence-electron chi connectivity index (χ2n) is 5.22. The second-order valence-corrected chi connectivity index (χ2v) is 5.22. The molecule has 0 aliphatic heterocycles. The molecule has 0 saturated carbocycles. The fraction of sp³-hybridized carbons (Fsp3) is 0.417. The number of nitro groups is 1. The maximum atomic E-state index is 11.1. The highest BCUT2D eigenvalue weighted by Crippen LogP contribution is 2.31. The van der Waals surface area contributed by atoms with Crippen molar-refractivity contribution >= 4 is 22.3 Å². The van der Waals surface area contributed by atoms with Gasteiger partial charge in [-0.15, -0.1) is 0 Å². The van der Waals surface area contributed by atoms with Crippen molar-refractivity contribution < 1.29 is 4.92 Å². The van der Waals surface area contributed by atoms with Crippen molar-refractivity contribution in [1.29, 1.82) is 0 Å². The van der Waals surface area contributed by atoms with Gasteiger partial charge in [0.15, 0.2) is 0 Å². The Hall–Kier alpha value is -2.15. The van der Waals surface area contributed by atoms with Crippen LogP contribution in [-0.4, -0.2) is 26.7 Å². The van der Waals surface area contributed by atoms with Gasteiger partial charge < -0.3 is 11.1 Å². The summed E-state index contributed by atoms with van der Waals surface area (Å²) in [5, 5.41) is 21.7. The lowest BCUT2D eigenvalue weighted by molar-refractivity contribution is -0.383. The smallest absolute Gasteiger partial charge is 0.293 e. The highest BCUT2D eigenvalue weighted by Gasteiger charge is 2.26. The van der Waals surface area contributed by atoms with E-state index in [1.54, 1.807) is 12.3 Å². The molecule has 1 aromatic heterocycles. The first-order valence-corrected chi connectivity index (χ1v) is 5.96. The maximum Gasteiger partial charge on any atom is 0.293 e. The zero-order valence-corrected chi connectivity index (χ0v) is 11.1. The number of hydrogen-bond acceptors (Lipinski definition) is 5. The van der Waals surface area contributed by atoms with Crippen LogP contribution in [0.25, 0.3) is 10.9 Å². The Morgan fingerprint density at radius 3 is 2.79 bits per heavy atom. The largest absolute Gasteiger partial charge is 0.373 e. The first-order valence-electron chi connectivity index (χ1n) is 5.96. The summed E-state index contributed by atoms with van der Waals surface area (Å²) in [6.45, 7) is 5.66. The molecule has 0 spiro atoms. The van der Waals surface area contributed by atoms with Gasteiger partial charge in [0.05, 0.1) is 16.6 Å². The molecule has 0 aliphatic rings. The number of anilines is 1. The van der Waals surface area contributed by atoms with E-state index in [0.29, 0.717) is 11.1 Å². The molecule has 0 fully saturated rings. The molecular formula is C12H17N5O2. The Morgan fingerprint density at radius 2 is 2.21 bits per heavy atom. The maximum absolute atomic E-state index is 11.1. The lowest BCUT2D eigenvalue weighted by Gasteiger charge is -2.31. The Balaban J connectivity index is 2.51. The van der Waals surface area contributed by atoms with E-state index in [9.17, 15) is 10.1 Å². The lowest BCUT2D eigenvalue weighted by Crippen LogP contribution is -2.47. The van der Waals surface area contributed by atoms with E-state index in [0.717, 1.165) is 5.52 Å². The van der Waals surface area contributed by atoms with Gasteiger partial charge in [0.1, 0.15) is 5.69 Å². The van der Waals surface area contributed by atoms with Crippen molar-refractivity contribution in [3.8, 4) is 0 Å². The van der Waals surface area contributed by atoms with E-state index in [4.69, 9.17) is 5.73 Å². The van der Waals surface area contributed by atoms with Crippen LogP contribution < -0.4 is 11.1 Å². The molecule has 0 aliphatic carbocycles. The standard InChI is InChI=1S/C12H17N5O2/c1-7(13)12(2,3)15-10-5-9-8(6-14-16-9)4-11(10)17(18)19/h4-7,15H,13H2,1-3H3,(H,14,16). The van der Waals surface area contributed by atoms with Gasteiger partial charge >= 0.3 is 0 Å². The van der Waals surface area contributed by atoms with Crippen LogP contribution in [-0.2, 0) is 0 Å². The van der Waals surface area contributed by atoms with E-state index in [2.05, 4.69) is 15.5 Å². The third-order valence-electron chi connectivity index (χ3n) is 3.35. The summed E-state index contributed by atoms with van der Waals surface area (Å²) in [6.07, 6.45) is 1.56. The number of aromatic nitrogens is 2. The second kappa shape index (κ2) is 4.51. The number of fused-ring (bicyclic) bond motifs is 1. The Labute approximate surface area is 110 Å². The average molecular weight is 263 g/mol. The van der Waals surface area contributed by atoms with E-state index >= 15 is 0 Å². The number of hydrogen-bond donors (Lipinski definition) is 3. The van der Waals surface area contributed by atoms with Crippen LogP contribution in [0.2, 0.25) is 0 Å². The van der Waals surface area contributed by atoms with Crippen molar-refractivity contribution in [3.05, 3.63) is 28.4 Å². The predicted molar refractivity (Wildman–Crippen MR) is 74.1 cm³/mol. The van der Waals surface area contributed by atoms with Gasteiger partial charge in [-0.05, 0) is 26.8 Å². The Kier molecular flexibility index (Phi) is 3.15. The summed E-state index contributed by atoms with van der Waals surface area (Å²) < 4.78 is 0. The minimum atomic E-state index is -0.460. The molecule has 0 bridgehead atoms. The summed E-state index contributed by atoms with van der Waals surface area (Å²) in [7, 11) is 0. The SMILES string of the molecule is CC(N)C(C)(C)Nc1cc2[nH]ncc2cc1[N+](=O)[O-]. The molecule has 1 heterocycles. The molecule has 0 radical (unpaired) electrons. The number of nitro benzene ring substituents is 1. The monoisotopic (exact) mass is 263 g/mol. The van der Waals surface area contributed by atoms with Gasteiger partial charge in [0.2, 0.25) is 0 Å². The first kappa shape index (κ1) is 13.3. The van der Waals surface area contributed by atoms with Gasteiger partial charge in [-0.1, -0.05) is 0 Å². The quantitative estimate of drug-likeness (QED) is 0.577. The third-order valence-corrected chi connectivity index (χ3v) is 3.35. The highest BCUT2D eigenvalue weighted by molar-refractivity contribution is 5.87. The van der Waals surface area contributed by atoms with Gasteiger partial charge in [-0.3, -0.25) is 15.2 Å². The molecule has 2 rings (SSSR count). The van der Waals surface area contributed by atoms with E-state index in [-0.39, 0.29) is 11.7 Å². The number of H-pyrrole nitrogens is 1. The summed E-state index contributed by atoms with van der Waals surface area (Å²) >= 11 is 0. The zero-order chi connectivity index (χ0) is 14.2. The molecule has 102 valence electrons. The number of benzene rings is 1. The van der Waals surface area contributed by atoms with Gasteiger partial charge in [0.25, 0.3) is 5.69 Å². The summed E-state index contributed by atoms with van der Waals surface area (Å²) in [5.41, 5.74) is 6.62. The zero-order valence-electron chi connectivity index (χ0n) is 11.1. The molecular weight excluding hydrogens is 246 g/mol. The summed E-state index contributed by atoms with van der Waals surface area (Å²) in [5.74, 6) is 0. The fourth-order valence-electron chi connectivity index (χ4n) is 1.69. The number of rotatable bonds is 4.